The summed E-state index contributed by atoms with van der Waals surface area (Å²) in [7, 11) is 0. The van der Waals surface area contributed by atoms with Crippen molar-refractivity contribution in [3.63, 3.8) is 0 Å². The number of thiophene rings is 1. The standard InChI is InChI=1S/C60H41NS2/c1-3-15-37(16-4-1)41-19-7-9-21-45(41)47-25-13-29-51-49-27-11-23-43(57(49)62-59(47)51)39-31-33-55-53(35-39)54-36-40(32-34-56(54)61-55)44-24-12-28-50-52-30-14-26-48(60(52)63-58(44)50)46-22-10-8-20-42(46)38-17-5-2-6-18-38/h1-36,51,53,55,59,61H. The maximum Gasteiger partial charge on any atom is 0.0552 e. The van der Waals surface area contributed by atoms with Gasteiger partial charge in [0, 0.05) is 53.4 Å². The van der Waals surface area contributed by atoms with Gasteiger partial charge in [0.05, 0.1) is 6.04 Å². The number of benzene rings is 8. The van der Waals surface area contributed by atoms with Crippen molar-refractivity contribution in [1.82, 2.24) is 0 Å². The Morgan fingerprint density at radius 2 is 1.06 bits per heavy atom. The first-order valence-electron chi connectivity index (χ1n) is 22.0. The highest BCUT2D eigenvalue weighted by atomic mass is 32.2. The first-order chi connectivity index (χ1) is 31.2. The number of thioether (sulfide) groups is 1. The van der Waals surface area contributed by atoms with Gasteiger partial charge in [-0.15, -0.1) is 23.1 Å². The minimum Gasteiger partial charge on any atom is -0.378 e. The van der Waals surface area contributed by atoms with Gasteiger partial charge < -0.3 is 5.32 Å². The van der Waals surface area contributed by atoms with Crippen molar-refractivity contribution in [2.75, 3.05) is 5.32 Å². The molecule has 1 N–H and O–H groups in total. The van der Waals surface area contributed by atoms with Crippen LogP contribution in [0.1, 0.15) is 34.1 Å². The van der Waals surface area contributed by atoms with E-state index >= 15 is 0 Å². The number of allylic oxidation sites excluding steroid dienone is 5. The summed E-state index contributed by atoms with van der Waals surface area (Å²) >= 11 is 3.98. The highest BCUT2D eigenvalue weighted by molar-refractivity contribution is 8.00. The van der Waals surface area contributed by atoms with Crippen LogP contribution in [0, 0.1) is 0 Å². The van der Waals surface area contributed by atoms with Crippen LogP contribution < -0.4 is 5.32 Å². The number of rotatable bonds is 6. The van der Waals surface area contributed by atoms with Crippen molar-refractivity contribution in [3.05, 3.63) is 241 Å². The van der Waals surface area contributed by atoms with Crippen LogP contribution in [0.2, 0.25) is 0 Å². The van der Waals surface area contributed by atoms with Crippen LogP contribution in [0.3, 0.4) is 0 Å². The second kappa shape index (κ2) is 14.9. The van der Waals surface area contributed by atoms with E-state index in [1.807, 2.05) is 11.3 Å². The fraction of sp³-hybridized carbons (Fsp3) is 0.0667. The van der Waals surface area contributed by atoms with Gasteiger partial charge in [0.25, 0.3) is 0 Å². The lowest BCUT2D eigenvalue weighted by atomic mass is 9.81. The number of fused-ring (bicyclic) bond motifs is 9. The molecule has 0 radical (unpaired) electrons. The van der Waals surface area contributed by atoms with E-state index in [1.165, 1.54) is 109 Å². The fourth-order valence-corrected chi connectivity index (χ4v) is 13.7. The van der Waals surface area contributed by atoms with E-state index < -0.39 is 0 Å². The van der Waals surface area contributed by atoms with Crippen molar-refractivity contribution in [2.45, 2.75) is 28.0 Å². The quantitative estimate of drug-likeness (QED) is 0.179. The van der Waals surface area contributed by atoms with Gasteiger partial charge in [0.2, 0.25) is 0 Å². The van der Waals surface area contributed by atoms with E-state index in [0.717, 1.165) is 0 Å². The molecule has 1 nitrogen and oxygen atoms in total. The Morgan fingerprint density at radius 1 is 0.444 bits per heavy atom. The predicted molar refractivity (Wildman–Crippen MR) is 271 cm³/mol. The largest absolute Gasteiger partial charge is 0.378 e. The normalized spacial score (nSPS) is 19.2. The van der Waals surface area contributed by atoms with Gasteiger partial charge in [-0.25, -0.2) is 0 Å². The average molecular weight is 840 g/mol. The highest BCUT2D eigenvalue weighted by Gasteiger charge is 2.39. The molecule has 13 rings (SSSR count). The molecule has 8 aromatic carbocycles. The number of hydrogen-bond donors (Lipinski definition) is 1. The Bertz CT molecular complexity index is 3420. The maximum atomic E-state index is 3.88. The molecule has 3 heterocycles. The molecule has 4 atom stereocenters. The van der Waals surface area contributed by atoms with Gasteiger partial charge in [-0.1, -0.05) is 206 Å². The summed E-state index contributed by atoms with van der Waals surface area (Å²) in [5, 5.41) is 6.83. The molecule has 298 valence electrons. The minimum absolute atomic E-state index is 0.227. The molecule has 0 amide bonds. The number of anilines is 1. The van der Waals surface area contributed by atoms with Gasteiger partial charge in [-0.3, -0.25) is 0 Å². The van der Waals surface area contributed by atoms with Gasteiger partial charge in [0.1, 0.15) is 0 Å². The monoisotopic (exact) mass is 839 g/mol. The third kappa shape index (κ3) is 5.98. The number of hydrogen-bond acceptors (Lipinski definition) is 3. The summed E-state index contributed by atoms with van der Waals surface area (Å²) in [6.07, 6.45) is 14.4. The molecule has 3 heteroatoms. The van der Waals surface area contributed by atoms with Crippen molar-refractivity contribution in [3.8, 4) is 44.5 Å². The molecule has 9 aromatic rings. The molecule has 4 aliphatic rings. The summed E-state index contributed by atoms with van der Waals surface area (Å²) in [6, 6.07) is 67.4. The molecular weight excluding hydrogens is 799 g/mol. The van der Waals surface area contributed by atoms with E-state index in [1.54, 1.807) is 0 Å². The Labute approximate surface area is 376 Å². The van der Waals surface area contributed by atoms with Crippen molar-refractivity contribution < 1.29 is 0 Å². The SMILES string of the molecule is C1=CC2c3cccc(C4=CC5c6cc(-c7cccc8c7sc7c(-c9ccccc9-c9ccccc9)cccc78)ccc6NC5C=C4)c3SC2C(c2ccccc2-c2ccccc2)=C1. The topological polar surface area (TPSA) is 12.0 Å². The van der Waals surface area contributed by atoms with Crippen molar-refractivity contribution in [2.24, 2.45) is 0 Å². The van der Waals surface area contributed by atoms with E-state index in [0.29, 0.717) is 11.2 Å². The second-order valence-corrected chi connectivity index (χ2v) is 19.2. The van der Waals surface area contributed by atoms with Crippen LogP contribution in [0.5, 0.6) is 0 Å². The maximum absolute atomic E-state index is 3.88. The second-order valence-electron chi connectivity index (χ2n) is 17.1. The molecule has 0 saturated heterocycles. The molecule has 1 aromatic heterocycles. The Morgan fingerprint density at radius 3 is 1.83 bits per heavy atom. The molecule has 0 spiro atoms. The van der Waals surface area contributed by atoms with Crippen molar-refractivity contribution >= 4 is 60.1 Å². The van der Waals surface area contributed by atoms with Crippen LogP contribution in [0.15, 0.2) is 223 Å². The van der Waals surface area contributed by atoms with E-state index in [9.17, 15) is 0 Å². The van der Waals surface area contributed by atoms with E-state index in [-0.39, 0.29) is 12.0 Å². The predicted octanol–water partition coefficient (Wildman–Crippen LogP) is 16.5. The zero-order valence-corrected chi connectivity index (χ0v) is 36.0. The fourth-order valence-electron chi connectivity index (χ4n) is 10.7. The first-order valence-corrected chi connectivity index (χ1v) is 23.7. The summed E-state index contributed by atoms with van der Waals surface area (Å²) in [5.74, 6) is 0.567. The van der Waals surface area contributed by atoms with Gasteiger partial charge in [0.15, 0.2) is 0 Å². The average Bonchev–Trinajstić information content (AvgIpc) is 4.06. The lowest BCUT2D eigenvalue weighted by Crippen LogP contribution is -2.18. The zero-order valence-electron chi connectivity index (χ0n) is 34.4. The Kier molecular flexibility index (Phi) is 8.67. The Hall–Kier alpha value is -6.91. The summed E-state index contributed by atoms with van der Waals surface area (Å²) in [6.45, 7) is 0. The minimum atomic E-state index is 0.227. The highest BCUT2D eigenvalue weighted by Crippen LogP contribution is 2.56. The van der Waals surface area contributed by atoms with Crippen LogP contribution in [0.25, 0.3) is 75.8 Å². The molecule has 4 unspecified atom stereocenters. The lowest BCUT2D eigenvalue weighted by Gasteiger charge is -2.25. The summed E-state index contributed by atoms with van der Waals surface area (Å²) in [5.41, 5.74) is 19.6. The molecule has 0 saturated carbocycles. The third-order valence-electron chi connectivity index (χ3n) is 13.6. The molecule has 63 heavy (non-hydrogen) atoms. The van der Waals surface area contributed by atoms with Crippen LogP contribution >= 0.6 is 23.1 Å². The van der Waals surface area contributed by atoms with E-state index in [2.05, 4.69) is 236 Å². The summed E-state index contributed by atoms with van der Waals surface area (Å²) in [4.78, 5) is 1.42. The first kappa shape index (κ1) is 36.7. The Balaban J connectivity index is 0.854. The van der Waals surface area contributed by atoms with Gasteiger partial charge in [-0.05, 0) is 84.5 Å². The van der Waals surface area contributed by atoms with Crippen LogP contribution in [0.4, 0.5) is 5.69 Å². The van der Waals surface area contributed by atoms with Crippen molar-refractivity contribution in [1.29, 1.82) is 0 Å². The molecular formula is C60H41NS2. The molecule has 0 fully saturated rings. The molecule has 2 aliphatic carbocycles. The zero-order chi connectivity index (χ0) is 41.4. The van der Waals surface area contributed by atoms with Crippen LogP contribution in [-0.4, -0.2) is 11.3 Å². The van der Waals surface area contributed by atoms with Gasteiger partial charge in [-0.2, -0.15) is 0 Å². The van der Waals surface area contributed by atoms with Crippen LogP contribution in [-0.2, 0) is 0 Å². The summed E-state index contributed by atoms with van der Waals surface area (Å²) < 4.78 is 2.68. The number of nitrogens with one attached hydrogen (secondary N) is 1. The third-order valence-corrected chi connectivity index (χ3v) is 16.4. The molecule has 0 bridgehead atoms. The lowest BCUT2D eigenvalue weighted by molar-refractivity contribution is 0.808. The van der Waals surface area contributed by atoms with E-state index in [4.69, 9.17) is 0 Å². The van der Waals surface area contributed by atoms with Gasteiger partial charge >= 0.3 is 0 Å². The molecule has 2 aliphatic heterocycles. The smallest absolute Gasteiger partial charge is 0.0552 e.